The highest BCUT2D eigenvalue weighted by atomic mass is 32.2. The Hall–Kier alpha value is -2.45. The maximum absolute atomic E-state index is 14.0. The zero-order valence-corrected chi connectivity index (χ0v) is 15.0. The molecular formula is C18H19FN2O4S. The summed E-state index contributed by atoms with van der Waals surface area (Å²) in [5.74, 6) is -0.945. The lowest BCUT2D eigenvalue weighted by Gasteiger charge is -2.34. The third kappa shape index (κ3) is 3.56. The Morgan fingerprint density at radius 2 is 1.65 bits per heavy atom. The molecule has 1 fully saturated rings. The van der Waals surface area contributed by atoms with E-state index in [1.54, 1.807) is 11.8 Å². The van der Waals surface area contributed by atoms with Crippen molar-refractivity contribution in [3.8, 4) is 5.75 Å². The van der Waals surface area contributed by atoms with E-state index in [-0.39, 0.29) is 42.7 Å². The van der Waals surface area contributed by atoms with Crippen LogP contribution in [0.3, 0.4) is 0 Å². The van der Waals surface area contributed by atoms with Crippen LogP contribution in [0.4, 0.5) is 4.39 Å². The van der Waals surface area contributed by atoms with Crippen LogP contribution in [0.5, 0.6) is 5.75 Å². The number of phenols is 1. The van der Waals surface area contributed by atoms with E-state index in [0.29, 0.717) is 11.1 Å². The number of sulfonamides is 1. The summed E-state index contributed by atoms with van der Waals surface area (Å²) in [6, 6.07) is 9.86. The second kappa shape index (κ2) is 7.05. The van der Waals surface area contributed by atoms with Gasteiger partial charge >= 0.3 is 0 Å². The molecule has 2 aromatic rings. The quantitative estimate of drug-likeness (QED) is 0.886. The van der Waals surface area contributed by atoms with Gasteiger partial charge in [0.2, 0.25) is 10.0 Å². The lowest BCUT2D eigenvalue weighted by molar-refractivity contribution is 0.0697. The molecule has 0 atom stereocenters. The van der Waals surface area contributed by atoms with Gasteiger partial charge in [-0.2, -0.15) is 4.31 Å². The van der Waals surface area contributed by atoms with E-state index in [1.165, 1.54) is 40.7 Å². The largest absolute Gasteiger partial charge is 0.508 e. The third-order valence-corrected chi connectivity index (χ3v) is 6.26. The molecule has 1 aliphatic heterocycles. The Morgan fingerprint density at radius 3 is 2.27 bits per heavy atom. The maximum atomic E-state index is 14.0. The van der Waals surface area contributed by atoms with E-state index in [4.69, 9.17) is 0 Å². The molecule has 0 radical (unpaired) electrons. The number of rotatable bonds is 3. The number of aromatic hydroxyl groups is 1. The van der Waals surface area contributed by atoms with Crippen LogP contribution in [0, 0.1) is 12.7 Å². The molecule has 6 nitrogen and oxygen atoms in total. The van der Waals surface area contributed by atoms with Crippen molar-refractivity contribution in [2.45, 2.75) is 11.8 Å². The molecule has 1 amide bonds. The van der Waals surface area contributed by atoms with E-state index in [9.17, 15) is 22.7 Å². The van der Waals surface area contributed by atoms with Crippen LogP contribution in [0.25, 0.3) is 0 Å². The van der Waals surface area contributed by atoms with Crippen molar-refractivity contribution in [3.05, 3.63) is 59.4 Å². The average Bonchev–Trinajstić information content (AvgIpc) is 2.64. The molecule has 0 saturated carbocycles. The lowest BCUT2D eigenvalue weighted by atomic mass is 10.2. The molecular weight excluding hydrogens is 359 g/mol. The Kier molecular flexibility index (Phi) is 4.97. The van der Waals surface area contributed by atoms with Crippen LogP contribution in [0.1, 0.15) is 15.9 Å². The molecule has 0 unspecified atom stereocenters. The van der Waals surface area contributed by atoms with Gasteiger partial charge in [-0.25, -0.2) is 12.8 Å². The van der Waals surface area contributed by atoms with Gasteiger partial charge in [0.25, 0.3) is 5.91 Å². The molecule has 1 heterocycles. The van der Waals surface area contributed by atoms with Gasteiger partial charge in [0, 0.05) is 31.7 Å². The molecule has 0 aromatic heterocycles. The highest BCUT2D eigenvalue weighted by Crippen LogP contribution is 2.22. The zero-order chi connectivity index (χ0) is 18.9. The number of aryl methyl sites for hydroxylation is 1. The summed E-state index contributed by atoms with van der Waals surface area (Å²) in [6.07, 6.45) is 0. The van der Waals surface area contributed by atoms with Crippen LogP contribution in [0.15, 0.2) is 47.4 Å². The number of carbonyl (C=O) groups excluding carboxylic acids is 1. The number of halogens is 1. The summed E-state index contributed by atoms with van der Waals surface area (Å²) in [5.41, 5.74) is 1.08. The summed E-state index contributed by atoms with van der Waals surface area (Å²) < 4.78 is 40.6. The normalized spacial score (nSPS) is 15.8. The van der Waals surface area contributed by atoms with E-state index in [0.717, 1.165) is 6.07 Å². The number of phenolic OH excluding ortho intramolecular Hbond substituents is 1. The van der Waals surface area contributed by atoms with Crippen LogP contribution < -0.4 is 0 Å². The topological polar surface area (TPSA) is 77.9 Å². The van der Waals surface area contributed by atoms with Gasteiger partial charge in [-0.1, -0.05) is 6.07 Å². The molecule has 1 aliphatic rings. The van der Waals surface area contributed by atoms with Crippen LogP contribution in [-0.4, -0.2) is 54.8 Å². The van der Waals surface area contributed by atoms with Crippen LogP contribution >= 0.6 is 0 Å². The summed E-state index contributed by atoms with van der Waals surface area (Å²) in [5, 5.41) is 9.29. The van der Waals surface area contributed by atoms with E-state index in [1.807, 2.05) is 0 Å². The van der Waals surface area contributed by atoms with Crippen molar-refractivity contribution in [1.82, 2.24) is 9.21 Å². The van der Waals surface area contributed by atoms with Crippen molar-refractivity contribution in [2.75, 3.05) is 26.2 Å². The van der Waals surface area contributed by atoms with Crippen molar-refractivity contribution < 1.29 is 22.7 Å². The van der Waals surface area contributed by atoms with Crippen molar-refractivity contribution in [1.29, 1.82) is 0 Å². The van der Waals surface area contributed by atoms with Gasteiger partial charge in [0.15, 0.2) is 0 Å². The Labute approximate surface area is 151 Å². The molecule has 2 aromatic carbocycles. The molecule has 8 heteroatoms. The number of nitrogens with zero attached hydrogens (tertiary/aromatic N) is 2. The van der Waals surface area contributed by atoms with E-state index in [2.05, 4.69) is 0 Å². The van der Waals surface area contributed by atoms with Gasteiger partial charge in [0.05, 0.1) is 0 Å². The van der Waals surface area contributed by atoms with Crippen LogP contribution in [-0.2, 0) is 10.0 Å². The average molecular weight is 378 g/mol. The molecule has 0 bridgehead atoms. The fraction of sp³-hybridized carbons (Fsp3) is 0.278. The van der Waals surface area contributed by atoms with Crippen LogP contribution in [0.2, 0.25) is 0 Å². The van der Waals surface area contributed by atoms with Gasteiger partial charge in [0.1, 0.15) is 16.5 Å². The fourth-order valence-corrected chi connectivity index (χ4v) is 4.44. The molecule has 138 valence electrons. The van der Waals surface area contributed by atoms with E-state index >= 15 is 0 Å². The van der Waals surface area contributed by atoms with Crippen molar-refractivity contribution in [3.63, 3.8) is 0 Å². The number of carbonyl (C=O) groups is 1. The van der Waals surface area contributed by atoms with Gasteiger partial charge in [-0.05, 0) is 48.9 Å². The molecule has 0 spiro atoms. The molecule has 0 aliphatic carbocycles. The summed E-state index contributed by atoms with van der Waals surface area (Å²) in [6.45, 7) is 2.32. The smallest absolute Gasteiger partial charge is 0.253 e. The minimum absolute atomic E-state index is 0.0673. The highest BCUT2D eigenvalue weighted by Gasteiger charge is 2.32. The van der Waals surface area contributed by atoms with Crippen molar-refractivity contribution >= 4 is 15.9 Å². The van der Waals surface area contributed by atoms with Gasteiger partial charge in [-0.15, -0.1) is 0 Å². The first-order valence-electron chi connectivity index (χ1n) is 8.13. The second-order valence-electron chi connectivity index (χ2n) is 6.18. The van der Waals surface area contributed by atoms with Gasteiger partial charge < -0.3 is 10.0 Å². The molecule has 3 rings (SSSR count). The lowest BCUT2D eigenvalue weighted by Crippen LogP contribution is -2.50. The number of hydrogen-bond donors (Lipinski definition) is 1. The molecule has 26 heavy (non-hydrogen) atoms. The first-order chi connectivity index (χ1) is 12.3. The molecule has 1 saturated heterocycles. The van der Waals surface area contributed by atoms with Gasteiger partial charge in [-0.3, -0.25) is 4.79 Å². The Balaban J connectivity index is 1.72. The highest BCUT2D eigenvalue weighted by molar-refractivity contribution is 7.89. The molecule has 1 N–H and O–H groups in total. The predicted octanol–water partition coefficient (Wildman–Crippen LogP) is 1.99. The first kappa shape index (κ1) is 18.3. The summed E-state index contributed by atoms with van der Waals surface area (Å²) >= 11 is 0. The minimum Gasteiger partial charge on any atom is -0.508 e. The predicted molar refractivity (Wildman–Crippen MR) is 93.9 cm³/mol. The number of amides is 1. The van der Waals surface area contributed by atoms with E-state index < -0.39 is 15.8 Å². The Bertz CT molecular complexity index is 921. The Morgan fingerprint density at radius 1 is 1.04 bits per heavy atom. The number of benzene rings is 2. The second-order valence-corrected chi connectivity index (χ2v) is 8.08. The standard InChI is InChI=1S/C18H19FN2O4S/c1-13-2-7-16(19)17(12-13)26(24,25)21-10-8-20(9-11-21)18(23)14-3-5-15(22)6-4-14/h2-7,12,22H,8-11H2,1H3. The third-order valence-electron chi connectivity index (χ3n) is 4.34. The fourth-order valence-electron chi connectivity index (χ4n) is 2.87. The maximum Gasteiger partial charge on any atom is 0.253 e. The number of hydrogen-bond acceptors (Lipinski definition) is 4. The monoisotopic (exact) mass is 378 g/mol. The first-order valence-corrected chi connectivity index (χ1v) is 9.57. The van der Waals surface area contributed by atoms with Crippen molar-refractivity contribution in [2.24, 2.45) is 0 Å². The number of piperazine rings is 1. The SMILES string of the molecule is Cc1ccc(F)c(S(=O)(=O)N2CCN(C(=O)c3ccc(O)cc3)CC2)c1. The summed E-state index contributed by atoms with van der Waals surface area (Å²) in [7, 11) is -3.95. The minimum atomic E-state index is -3.95. The zero-order valence-electron chi connectivity index (χ0n) is 14.2. The summed E-state index contributed by atoms with van der Waals surface area (Å²) in [4.78, 5) is 13.7.